The SMILES string of the molecule is CCOC(=O)Nc1cccc(O[C@@H](C)C(=O)Nc2c(C)cc(C)cc2C)c1. The summed E-state index contributed by atoms with van der Waals surface area (Å²) in [6, 6.07) is 10.9. The van der Waals surface area contributed by atoms with Gasteiger partial charge in [-0.05, 0) is 57.9 Å². The van der Waals surface area contributed by atoms with Crippen LogP contribution in [0.15, 0.2) is 36.4 Å². The largest absolute Gasteiger partial charge is 0.481 e. The molecular weight excluding hydrogens is 344 g/mol. The van der Waals surface area contributed by atoms with Crippen molar-refractivity contribution in [2.75, 3.05) is 17.2 Å². The summed E-state index contributed by atoms with van der Waals surface area (Å²) in [6.07, 6.45) is -1.24. The molecule has 0 radical (unpaired) electrons. The van der Waals surface area contributed by atoms with Crippen molar-refractivity contribution in [3.63, 3.8) is 0 Å². The molecule has 0 heterocycles. The summed E-state index contributed by atoms with van der Waals surface area (Å²) in [4.78, 5) is 24.0. The average molecular weight is 370 g/mol. The van der Waals surface area contributed by atoms with Crippen LogP contribution in [0.5, 0.6) is 5.75 Å². The molecule has 0 unspecified atom stereocenters. The van der Waals surface area contributed by atoms with Crippen molar-refractivity contribution in [2.24, 2.45) is 0 Å². The van der Waals surface area contributed by atoms with E-state index in [1.54, 1.807) is 38.1 Å². The first-order valence-electron chi connectivity index (χ1n) is 8.89. The lowest BCUT2D eigenvalue weighted by Crippen LogP contribution is -2.30. The molecule has 2 amide bonds. The molecule has 0 aliphatic heterocycles. The van der Waals surface area contributed by atoms with Gasteiger partial charge in [0.2, 0.25) is 0 Å². The summed E-state index contributed by atoms with van der Waals surface area (Å²) >= 11 is 0. The molecule has 1 atom stereocenters. The highest BCUT2D eigenvalue weighted by atomic mass is 16.5. The summed E-state index contributed by atoms with van der Waals surface area (Å²) in [6.45, 7) is 9.65. The topological polar surface area (TPSA) is 76.7 Å². The molecule has 0 saturated carbocycles. The van der Waals surface area contributed by atoms with Crippen LogP contribution < -0.4 is 15.4 Å². The van der Waals surface area contributed by atoms with Gasteiger partial charge in [-0.25, -0.2) is 4.79 Å². The first-order chi connectivity index (χ1) is 12.8. The van der Waals surface area contributed by atoms with Gasteiger partial charge in [0.1, 0.15) is 5.75 Å². The van der Waals surface area contributed by atoms with Gasteiger partial charge in [0.15, 0.2) is 6.10 Å². The second-order valence-electron chi connectivity index (χ2n) is 6.40. The Morgan fingerprint density at radius 2 is 1.70 bits per heavy atom. The number of nitrogens with one attached hydrogen (secondary N) is 2. The summed E-state index contributed by atoms with van der Waals surface area (Å²) in [5.41, 5.74) is 4.50. The Labute approximate surface area is 159 Å². The van der Waals surface area contributed by atoms with Gasteiger partial charge in [0, 0.05) is 17.4 Å². The number of carbonyl (C=O) groups excluding carboxylic acids is 2. The summed E-state index contributed by atoms with van der Waals surface area (Å²) in [5, 5.41) is 5.54. The van der Waals surface area contributed by atoms with Crippen LogP contribution >= 0.6 is 0 Å². The van der Waals surface area contributed by atoms with Crippen LogP contribution in [0.3, 0.4) is 0 Å². The first-order valence-corrected chi connectivity index (χ1v) is 8.89. The van der Waals surface area contributed by atoms with Crippen LogP contribution in [0.2, 0.25) is 0 Å². The van der Waals surface area contributed by atoms with E-state index in [2.05, 4.69) is 10.6 Å². The third kappa shape index (κ3) is 5.74. The second-order valence-corrected chi connectivity index (χ2v) is 6.40. The van der Waals surface area contributed by atoms with E-state index in [-0.39, 0.29) is 12.5 Å². The van der Waals surface area contributed by atoms with Crippen molar-refractivity contribution in [1.82, 2.24) is 0 Å². The van der Waals surface area contributed by atoms with Gasteiger partial charge in [-0.1, -0.05) is 23.8 Å². The Hall–Kier alpha value is -3.02. The van der Waals surface area contributed by atoms with Crippen LogP contribution in [0, 0.1) is 20.8 Å². The van der Waals surface area contributed by atoms with Crippen molar-refractivity contribution in [2.45, 2.75) is 40.7 Å². The molecule has 0 aliphatic rings. The summed E-state index contributed by atoms with van der Waals surface area (Å²) in [7, 11) is 0. The fraction of sp³-hybridized carbons (Fsp3) is 0.333. The summed E-state index contributed by atoms with van der Waals surface area (Å²) < 4.78 is 10.6. The maximum atomic E-state index is 12.5. The van der Waals surface area contributed by atoms with Gasteiger partial charge in [-0.2, -0.15) is 0 Å². The van der Waals surface area contributed by atoms with Gasteiger partial charge in [0.05, 0.1) is 6.61 Å². The van der Waals surface area contributed by atoms with Crippen molar-refractivity contribution in [1.29, 1.82) is 0 Å². The van der Waals surface area contributed by atoms with Gasteiger partial charge in [-0.15, -0.1) is 0 Å². The fourth-order valence-electron chi connectivity index (χ4n) is 2.79. The van der Waals surface area contributed by atoms with Crippen LogP contribution in [-0.2, 0) is 9.53 Å². The Bertz CT molecular complexity index is 810. The van der Waals surface area contributed by atoms with Crippen LogP contribution in [0.25, 0.3) is 0 Å². The zero-order chi connectivity index (χ0) is 20.0. The van der Waals surface area contributed by atoms with E-state index in [0.29, 0.717) is 11.4 Å². The maximum absolute atomic E-state index is 12.5. The number of rotatable bonds is 6. The number of carbonyl (C=O) groups is 2. The van der Waals surface area contributed by atoms with Crippen molar-refractivity contribution >= 4 is 23.4 Å². The quantitative estimate of drug-likeness (QED) is 0.780. The Kier molecular flexibility index (Phi) is 6.82. The molecule has 144 valence electrons. The fourth-order valence-corrected chi connectivity index (χ4v) is 2.79. The number of hydrogen-bond acceptors (Lipinski definition) is 4. The van der Waals surface area contributed by atoms with Gasteiger partial charge in [0.25, 0.3) is 5.91 Å². The van der Waals surface area contributed by atoms with Crippen molar-refractivity contribution in [3.8, 4) is 5.75 Å². The smallest absolute Gasteiger partial charge is 0.411 e. The predicted octanol–water partition coefficient (Wildman–Crippen LogP) is 4.59. The van der Waals surface area contributed by atoms with Crippen LogP contribution in [0.4, 0.5) is 16.2 Å². The number of anilines is 2. The zero-order valence-corrected chi connectivity index (χ0v) is 16.4. The molecule has 2 N–H and O–H groups in total. The lowest BCUT2D eigenvalue weighted by Gasteiger charge is -2.18. The van der Waals surface area contributed by atoms with Crippen molar-refractivity contribution < 1.29 is 19.1 Å². The lowest BCUT2D eigenvalue weighted by atomic mass is 10.0. The molecule has 6 heteroatoms. The lowest BCUT2D eigenvalue weighted by molar-refractivity contribution is -0.122. The van der Waals surface area contributed by atoms with E-state index in [9.17, 15) is 9.59 Å². The van der Waals surface area contributed by atoms with E-state index in [1.165, 1.54) is 0 Å². The summed E-state index contributed by atoms with van der Waals surface area (Å²) in [5.74, 6) is 0.234. The monoisotopic (exact) mass is 370 g/mol. The van der Waals surface area contributed by atoms with E-state index in [1.807, 2.05) is 32.9 Å². The van der Waals surface area contributed by atoms with Crippen LogP contribution in [0.1, 0.15) is 30.5 Å². The molecule has 27 heavy (non-hydrogen) atoms. The number of benzene rings is 2. The molecule has 0 spiro atoms. The van der Waals surface area contributed by atoms with Gasteiger partial charge >= 0.3 is 6.09 Å². The molecule has 0 aromatic heterocycles. The highest BCUT2D eigenvalue weighted by Gasteiger charge is 2.17. The van der Waals surface area contributed by atoms with Gasteiger partial charge in [-0.3, -0.25) is 10.1 Å². The van der Waals surface area contributed by atoms with Crippen molar-refractivity contribution in [3.05, 3.63) is 53.1 Å². The molecule has 2 aromatic carbocycles. The number of hydrogen-bond donors (Lipinski definition) is 2. The maximum Gasteiger partial charge on any atom is 0.411 e. The first kappa shape index (κ1) is 20.3. The molecule has 0 fully saturated rings. The second kappa shape index (κ2) is 9.07. The van der Waals surface area contributed by atoms with Crippen LogP contribution in [-0.4, -0.2) is 24.7 Å². The molecule has 0 saturated heterocycles. The van der Waals surface area contributed by atoms with E-state index in [4.69, 9.17) is 9.47 Å². The minimum atomic E-state index is -0.706. The van der Waals surface area contributed by atoms with E-state index >= 15 is 0 Å². The number of ether oxygens (including phenoxy) is 2. The molecule has 2 aromatic rings. The Balaban J connectivity index is 2.03. The normalized spacial score (nSPS) is 11.4. The predicted molar refractivity (Wildman–Crippen MR) is 106 cm³/mol. The minimum absolute atomic E-state index is 0.242. The number of aryl methyl sites for hydroxylation is 3. The third-order valence-electron chi connectivity index (χ3n) is 3.96. The molecule has 6 nitrogen and oxygen atoms in total. The van der Waals surface area contributed by atoms with Gasteiger partial charge < -0.3 is 14.8 Å². The Morgan fingerprint density at radius 3 is 2.33 bits per heavy atom. The highest BCUT2D eigenvalue weighted by Crippen LogP contribution is 2.23. The molecule has 2 rings (SSSR count). The number of amides is 2. The Morgan fingerprint density at radius 1 is 1.04 bits per heavy atom. The van der Waals surface area contributed by atoms with E-state index in [0.717, 1.165) is 22.4 Å². The minimum Gasteiger partial charge on any atom is -0.481 e. The molecule has 0 aliphatic carbocycles. The zero-order valence-electron chi connectivity index (χ0n) is 16.4. The average Bonchev–Trinajstić information content (AvgIpc) is 2.58. The molecular formula is C21H26N2O4. The molecule has 0 bridgehead atoms. The highest BCUT2D eigenvalue weighted by molar-refractivity contribution is 5.95. The van der Waals surface area contributed by atoms with E-state index < -0.39 is 12.2 Å². The third-order valence-corrected chi connectivity index (χ3v) is 3.96. The standard InChI is InChI=1S/C21H26N2O4/c1-6-26-21(25)22-17-8-7-9-18(12-17)27-16(5)20(24)23-19-14(3)10-13(2)11-15(19)4/h7-12,16H,6H2,1-5H3,(H,22,25)(H,23,24)/t16-/m0/s1.